The smallest absolute Gasteiger partial charge is 0.254 e. The minimum atomic E-state index is 0.0107. The van der Waals surface area contributed by atoms with Gasteiger partial charge in [-0.1, -0.05) is 18.2 Å². The van der Waals surface area contributed by atoms with Crippen LogP contribution in [0.5, 0.6) is 11.5 Å². The third-order valence-electron chi connectivity index (χ3n) is 4.58. The first-order valence-corrected chi connectivity index (χ1v) is 8.32. The van der Waals surface area contributed by atoms with Gasteiger partial charge < -0.3 is 14.4 Å². The molecule has 1 heterocycles. The Hall–Kier alpha value is -2.49. The molecule has 2 aromatic rings. The van der Waals surface area contributed by atoms with Gasteiger partial charge in [0.1, 0.15) is 11.5 Å². The number of amides is 1. The second kappa shape index (κ2) is 7.39. The van der Waals surface area contributed by atoms with Crippen molar-refractivity contribution in [2.24, 2.45) is 0 Å². The molecule has 4 heteroatoms. The Balaban J connectivity index is 1.97. The largest absolute Gasteiger partial charge is 0.497 e. The van der Waals surface area contributed by atoms with E-state index in [1.807, 2.05) is 53.4 Å². The van der Waals surface area contributed by atoms with E-state index in [0.717, 1.165) is 48.4 Å². The topological polar surface area (TPSA) is 38.8 Å². The molecule has 1 saturated heterocycles. The van der Waals surface area contributed by atoms with E-state index in [0.29, 0.717) is 0 Å². The first-order chi connectivity index (χ1) is 11.7. The van der Waals surface area contributed by atoms with Crippen molar-refractivity contribution in [1.82, 2.24) is 4.90 Å². The molecule has 0 aromatic heterocycles. The van der Waals surface area contributed by atoms with E-state index in [-0.39, 0.29) is 11.9 Å². The Bertz CT molecular complexity index is 699. The number of carbonyl (C=O) groups is 1. The Labute approximate surface area is 143 Å². The third-order valence-corrected chi connectivity index (χ3v) is 4.58. The van der Waals surface area contributed by atoms with Crippen LogP contribution < -0.4 is 9.47 Å². The summed E-state index contributed by atoms with van der Waals surface area (Å²) in [6, 6.07) is 15.3. The minimum Gasteiger partial charge on any atom is -0.497 e. The molecule has 1 unspecified atom stereocenters. The summed E-state index contributed by atoms with van der Waals surface area (Å²) >= 11 is 0. The molecule has 0 spiro atoms. The summed E-state index contributed by atoms with van der Waals surface area (Å²) in [5.41, 5.74) is 1.74. The maximum absolute atomic E-state index is 13.0. The number of hydrogen-bond donors (Lipinski definition) is 0. The molecule has 0 N–H and O–H groups in total. The maximum Gasteiger partial charge on any atom is 0.254 e. The third kappa shape index (κ3) is 3.23. The molecule has 2 aromatic carbocycles. The molecule has 126 valence electrons. The zero-order valence-electron chi connectivity index (χ0n) is 14.2. The maximum atomic E-state index is 13.0. The van der Waals surface area contributed by atoms with Gasteiger partial charge in [0.2, 0.25) is 0 Å². The van der Waals surface area contributed by atoms with Crippen molar-refractivity contribution in [3.63, 3.8) is 0 Å². The number of methoxy groups -OCH3 is 2. The summed E-state index contributed by atoms with van der Waals surface area (Å²) in [7, 11) is 3.32. The van der Waals surface area contributed by atoms with E-state index in [1.54, 1.807) is 14.2 Å². The fourth-order valence-corrected chi connectivity index (χ4v) is 3.34. The van der Waals surface area contributed by atoms with Crippen LogP contribution in [-0.4, -0.2) is 31.6 Å². The van der Waals surface area contributed by atoms with Crippen molar-refractivity contribution in [3.05, 3.63) is 59.7 Å². The molecule has 0 radical (unpaired) electrons. The van der Waals surface area contributed by atoms with E-state index < -0.39 is 0 Å². The predicted molar refractivity (Wildman–Crippen MR) is 93.6 cm³/mol. The number of rotatable bonds is 4. The highest BCUT2D eigenvalue weighted by Crippen LogP contribution is 2.38. The number of piperidine rings is 1. The molecule has 3 rings (SSSR count). The van der Waals surface area contributed by atoms with E-state index in [4.69, 9.17) is 9.47 Å². The molecule has 0 bridgehead atoms. The molecule has 1 atom stereocenters. The van der Waals surface area contributed by atoms with Crippen molar-refractivity contribution < 1.29 is 14.3 Å². The normalized spacial score (nSPS) is 17.4. The van der Waals surface area contributed by atoms with Gasteiger partial charge in [0.15, 0.2) is 0 Å². The molecule has 0 saturated carbocycles. The zero-order chi connectivity index (χ0) is 16.9. The zero-order valence-corrected chi connectivity index (χ0v) is 14.2. The van der Waals surface area contributed by atoms with Crippen LogP contribution in [0.1, 0.15) is 41.2 Å². The van der Waals surface area contributed by atoms with Crippen molar-refractivity contribution in [1.29, 1.82) is 0 Å². The average molecular weight is 325 g/mol. The SMILES string of the molecule is COc1ccc(OC)c(C2CCCCN2C(=O)c2ccccc2)c1. The van der Waals surface area contributed by atoms with Crippen LogP contribution >= 0.6 is 0 Å². The number of hydrogen-bond acceptors (Lipinski definition) is 3. The van der Waals surface area contributed by atoms with Gasteiger partial charge in [-0.2, -0.15) is 0 Å². The van der Waals surface area contributed by atoms with Crippen LogP contribution in [0.2, 0.25) is 0 Å². The fourth-order valence-electron chi connectivity index (χ4n) is 3.34. The molecule has 1 fully saturated rings. The van der Waals surface area contributed by atoms with Gasteiger partial charge in [-0.3, -0.25) is 4.79 Å². The van der Waals surface area contributed by atoms with Crippen LogP contribution in [0, 0.1) is 0 Å². The van der Waals surface area contributed by atoms with E-state index in [1.165, 1.54) is 0 Å². The number of carbonyl (C=O) groups excluding carboxylic acids is 1. The Kier molecular flexibility index (Phi) is 5.04. The quantitative estimate of drug-likeness (QED) is 0.850. The van der Waals surface area contributed by atoms with Gasteiger partial charge in [-0.15, -0.1) is 0 Å². The van der Waals surface area contributed by atoms with Gasteiger partial charge in [0, 0.05) is 17.7 Å². The molecule has 1 aliphatic rings. The van der Waals surface area contributed by atoms with Crippen LogP contribution in [0.25, 0.3) is 0 Å². The number of ether oxygens (including phenoxy) is 2. The lowest BCUT2D eigenvalue weighted by molar-refractivity contribution is 0.0608. The second-order valence-electron chi connectivity index (χ2n) is 5.98. The summed E-state index contributed by atoms with van der Waals surface area (Å²) in [5, 5.41) is 0. The van der Waals surface area contributed by atoms with Crippen molar-refractivity contribution >= 4 is 5.91 Å². The van der Waals surface area contributed by atoms with Crippen LogP contribution in [0.3, 0.4) is 0 Å². The monoisotopic (exact) mass is 325 g/mol. The Morgan fingerprint density at radius 3 is 2.54 bits per heavy atom. The van der Waals surface area contributed by atoms with Crippen LogP contribution in [0.15, 0.2) is 48.5 Å². The van der Waals surface area contributed by atoms with Gasteiger partial charge in [-0.05, 0) is 49.6 Å². The van der Waals surface area contributed by atoms with Crippen LogP contribution in [-0.2, 0) is 0 Å². The van der Waals surface area contributed by atoms with E-state index in [2.05, 4.69) is 0 Å². The lowest BCUT2D eigenvalue weighted by Crippen LogP contribution is -2.38. The van der Waals surface area contributed by atoms with Crippen molar-refractivity contribution in [2.45, 2.75) is 25.3 Å². The first-order valence-electron chi connectivity index (χ1n) is 8.32. The Morgan fingerprint density at radius 2 is 1.83 bits per heavy atom. The fraction of sp³-hybridized carbons (Fsp3) is 0.350. The summed E-state index contributed by atoms with van der Waals surface area (Å²) < 4.78 is 10.9. The highest BCUT2D eigenvalue weighted by Gasteiger charge is 2.30. The van der Waals surface area contributed by atoms with E-state index in [9.17, 15) is 4.79 Å². The van der Waals surface area contributed by atoms with Gasteiger partial charge >= 0.3 is 0 Å². The number of benzene rings is 2. The van der Waals surface area contributed by atoms with Crippen LogP contribution in [0.4, 0.5) is 0 Å². The molecule has 4 nitrogen and oxygen atoms in total. The highest BCUT2D eigenvalue weighted by atomic mass is 16.5. The predicted octanol–water partition coefficient (Wildman–Crippen LogP) is 4.07. The van der Waals surface area contributed by atoms with Crippen molar-refractivity contribution in [3.8, 4) is 11.5 Å². The van der Waals surface area contributed by atoms with Gasteiger partial charge in [-0.25, -0.2) is 0 Å². The van der Waals surface area contributed by atoms with Crippen molar-refractivity contribution in [2.75, 3.05) is 20.8 Å². The summed E-state index contributed by atoms with van der Waals surface area (Å²) in [4.78, 5) is 15.0. The van der Waals surface area contributed by atoms with E-state index >= 15 is 0 Å². The molecular formula is C20H23NO3. The summed E-state index contributed by atoms with van der Waals surface area (Å²) in [5.74, 6) is 1.65. The average Bonchev–Trinajstić information content (AvgIpc) is 2.67. The molecule has 1 amide bonds. The Morgan fingerprint density at radius 1 is 1.04 bits per heavy atom. The second-order valence-corrected chi connectivity index (χ2v) is 5.98. The number of nitrogens with zero attached hydrogens (tertiary/aromatic N) is 1. The molecule has 1 aliphatic heterocycles. The summed E-state index contributed by atoms with van der Waals surface area (Å²) in [6.07, 6.45) is 3.06. The minimum absolute atomic E-state index is 0.0107. The molecule has 24 heavy (non-hydrogen) atoms. The first kappa shape index (κ1) is 16.4. The lowest BCUT2D eigenvalue weighted by Gasteiger charge is -2.37. The number of likely N-dealkylation sites (tertiary alicyclic amines) is 1. The lowest BCUT2D eigenvalue weighted by atomic mass is 9.93. The molecule has 0 aliphatic carbocycles. The van der Waals surface area contributed by atoms with Gasteiger partial charge in [0.25, 0.3) is 5.91 Å². The van der Waals surface area contributed by atoms with Gasteiger partial charge in [0.05, 0.1) is 20.3 Å². The highest BCUT2D eigenvalue weighted by molar-refractivity contribution is 5.94. The molecular weight excluding hydrogens is 302 g/mol. The summed E-state index contributed by atoms with van der Waals surface area (Å²) in [6.45, 7) is 0.763. The standard InChI is InChI=1S/C20H23NO3/c1-23-16-11-12-19(24-2)17(14-16)18-10-6-7-13-21(18)20(22)15-8-4-3-5-9-15/h3-5,8-9,11-12,14,18H,6-7,10,13H2,1-2H3.